The third-order valence-corrected chi connectivity index (χ3v) is 9.22. The highest BCUT2D eigenvalue weighted by molar-refractivity contribution is 7.91. The molecule has 1 amide bonds. The molecular weight excluding hydrogens is 521 g/mol. The number of nitrogens with zero attached hydrogens (tertiary/aromatic N) is 4. The highest BCUT2D eigenvalue weighted by Crippen LogP contribution is 2.43. The summed E-state index contributed by atoms with van der Waals surface area (Å²) >= 11 is 0. The number of hydrogen-bond acceptors (Lipinski definition) is 6. The van der Waals surface area contributed by atoms with Crippen LogP contribution >= 0.6 is 0 Å². The number of aromatic nitrogens is 2. The van der Waals surface area contributed by atoms with Crippen LogP contribution in [0.2, 0.25) is 0 Å². The van der Waals surface area contributed by atoms with E-state index in [4.69, 9.17) is 4.74 Å². The second-order valence-electron chi connectivity index (χ2n) is 11.2. The van der Waals surface area contributed by atoms with Crippen molar-refractivity contribution in [2.24, 2.45) is 0 Å². The van der Waals surface area contributed by atoms with Gasteiger partial charge >= 0.3 is 12.3 Å². The highest BCUT2D eigenvalue weighted by atomic mass is 32.2. The quantitative estimate of drug-likeness (QED) is 0.509. The van der Waals surface area contributed by atoms with Crippen molar-refractivity contribution < 1.29 is 31.1 Å². The van der Waals surface area contributed by atoms with Gasteiger partial charge in [-0.1, -0.05) is 24.3 Å². The molecule has 1 saturated heterocycles. The summed E-state index contributed by atoms with van der Waals surface area (Å²) in [6.07, 6.45) is 3.23. The molecule has 0 spiro atoms. The number of halogens is 3. The number of ether oxygens (including phenoxy) is 1. The third kappa shape index (κ3) is 4.90. The van der Waals surface area contributed by atoms with E-state index in [2.05, 4.69) is 4.98 Å². The Labute approximate surface area is 220 Å². The maximum atomic E-state index is 14.4. The van der Waals surface area contributed by atoms with Crippen molar-refractivity contribution in [3.8, 4) is 0 Å². The molecule has 2 aromatic heterocycles. The minimum absolute atomic E-state index is 0.0243. The van der Waals surface area contributed by atoms with Crippen LogP contribution in [0.5, 0.6) is 0 Å². The SMILES string of the molecule is C[C@@H]1CN(c2nccc3c2c(C(F)(F)F)cn3S(=O)(=O)C2(C)C=CC=CC2)[C@@H](C)CN1C(=O)OC(C)(C)C. The Hall–Kier alpha value is -3.02. The van der Waals surface area contributed by atoms with Crippen LogP contribution < -0.4 is 4.90 Å². The van der Waals surface area contributed by atoms with Gasteiger partial charge in [0, 0.05) is 37.6 Å². The highest BCUT2D eigenvalue weighted by Gasteiger charge is 2.44. The number of fused-ring (bicyclic) bond motifs is 1. The minimum Gasteiger partial charge on any atom is -0.444 e. The lowest BCUT2D eigenvalue weighted by Gasteiger charge is -2.45. The Kier molecular flexibility index (Phi) is 6.87. The summed E-state index contributed by atoms with van der Waals surface area (Å²) in [7, 11) is -4.27. The molecule has 12 heteroatoms. The predicted octanol–water partition coefficient (Wildman–Crippen LogP) is 5.34. The number of allylic oxidation sites excluding steroid dienone is 3. The fourth-order valence-corrected chi connectivity index (χ4v) is 6.55. The van der Waals surface area contributed by atoms with Gasteiger partial charge < -0.3 is 14.5 Å². The largest absolute Gasteiger partial charge is 0.444 e. The van der Waals surface area contributed by atoms with Crippen LogP contribution in [0, 0.1) is 0 Å². The van der Waals surface area contributed by atoms with Crippen LogP contribution in [-0.4, -0.2) is 63.9 Å². The van der Waals surface area contributed by atoms with Gasteiger partial charge in [0.05, 0.1) is 16.5 Å². The van der Waals surface area contributed by atoms with Gasteiger partial charge in [0.2, 0.25) is 10.0 Å². The molecule has 38 heavy (non-hydrogen) atoms. The lowest BCUT2D eigenvalue weighted by molar-refractivity contribution is -0.136. The van der Waals surface area contributed by atoms with E-state index in [1.54, 1.807) is 62.6 Å². The van der Waals surface area contributed by atoms with Crippen LogP contribution in [0.15, 0.2) is 42.8 Å². The van der Waals surface area contributed by atoms with Gasteiger partial charge in [-0.05, 0) is 54.0 Å². The van der Waals surface area contributed by atoms with E-state index in [0.29, 0.717) is 6.20 Å². The second kappa shape index (κ2) is 9.32. The van der Waals surface area contributed by atoms with Crippen molar-refractivity contribution in [1.29, 1.82) is 0 Å². The number of alkyl halides is 3. The Balaban J connectivity index is 1.81. The van der Waals surface area contributed by atoms with Crippen molar-refractivity contribution in [2.75, 3.05) is 18.0 Å². The molecule has 1 aliphatic carbocycles. The standard InChI is InChI=1S/C26H33F3N4O4S/c1-17-15-32(23(34)37-24(3,4)5)18(2)14-31(17)22-21-19(26(27,28)29)16-33(20(21)10-13-30-22)38(35,36)25(6)11-8-7-9-12-25/h7-11,13,16-18H,12,14-15H2,1-6H3/t17-,18+,25?/m0/s1. The van der Waals surface area contributed by atoms with Gasteiger partial charge in [-0.2, -0.15) is 13.2 Å². The first kappa shape index (κ1) is 28.0. The predicted molar refractivity (Wildman–Crippen MR) is 140 cm³/mol. The summed E-state index contributed by atoms with van der Waals surface area (Å²) < 4.78 is 75.3. The number of amides is 1. The van der Waals surface area contributed by atoms with E-state index < -0.39 is 50.3 Å². The fraction of sp³-hybridized carbons (Fsp3) is 0.538. The van der Waals surface area contributed by atoms with Gasteiger partial charge in [-0.3, -0.25) is 0 Å². The Morgan fingerprint density at radius 1 is 1.13 bits per heavy atom. The molecule has 8 nitrogen and oxygen atoms in total. The molecular formula is C26H33F3N4O4S. The summed E-state index contributed by atoms with van der Waals surface area (Å²) in [5, 5.41) is -0.285. The molecule has 0 radical (unpaired) electrons. The maximum absolute atomic E-state index is 14.4. The van der Waals surface area contributed by atoms with E-state index in [1.807, 2.05) is 0 Å². The lowest BCUT2D eigenvalue weighted by atomic mass is 10.0. The van der Waals surface area contributed by atoms with E-state index in [1.165, 1.54) is 25.3 Å². The monoisotopic (exact) mass is 554 g/mol. The number of pyridine rings is 1. The number of anilines is 1. The van der Waals surface area contributed by atoms with Gasteiger partial charge in [-0.15, -0.1) is 0 Å². The molecule has 3 atom stereocenters. The maximum Gasteiger partial charge on any atom is 0.418 e. The molecule has 0 saturated carbocycles. The van der Waals surface area contributed by atoms with Gasteiger partial charge in [-0.25, -0.2) is 22.2 Å². The summed E-state index contributed by atoms with van der Waals surface area (Å²) in [6, 6.07) is 0.487. The molecule has 1 aliphatic heterocycles. The average Bonchev–Trinajstić information content (AvgIpc) is 3.21. The number of carbonyl (C=O) groups excluding carboxylic acids is 1. The van der Waals surface area contributed by atoms with Crippen LogP contribution in [0.1, 0.15) is 53.5 Å². The topological polar surface area (TPSA) is 84.7 Å². The molecule has 1 fully saturated rings. The normalized spacial score (nSPS) is 24.8. The van der Waals surface area contributed by atoms with E-state index in [-0.39, 0.29) is 36.2 Å². The van der Waals surface area contributed by atoms with E-state index in [0.717, 1.165) is 3.97 Å². The van der Waals surface area contributed by atoms with Crippen LogP contribution in [0.4, 0.5) is 23.8 Å². The summed E-state index contributed by atoms with van der Waals surface area (Å²) in [5.41, 5.74) is -1.87. The Morgan fingerprint density at radius 3 is 2.39 bits per heavy atom. The number of carbonyl (C=O) groups is 1. The first-order chi connectivity index (χ1) is 17.5. The van der Waals surface area contributed by atoms with Crippen molar-refractivity contribution >= 4 is 32.8 Å². The van der Waals surface area contributed by atoms with Crippen LogP contribution in [0.25, 0.3) is 10.9 Å². The fourth-order valence-electron chi connectivity index (χ4n) is 4.89. The molecule has 1 unspecified atom stereocenters. The van der Waals surface area contributed by atoms with Crippen molar-refractivity contribution in [2.45, 2.75) is 76.6 Å². The van der Waals surface area contributed by atoms with Crippen molar-refractivity contribution in [1.82, 2.24) is 13.9 Å². The average molecular weight is 555 g/mol. The smallest absolute Gasteiger partial charge is 0.418 e. The number of piperazine rings is 1. The van der Waals surface area contributed by atoms with Gasteiger partial charge in [0.25, 0.3) is 0 Å². The first-order valence-electron chi connectivity index (χ1n) is 12.4. The van der Waals surface area contributed by atoms with Crippen LogP contribution in [0.3, 0.4) is 0 Å². The summed E-state index contributed by atoms with van der Waals surface area (Å²) in [5.74, 6) is 0.0243. The number of rotatable bonds is 3. The molecule has 0 N–H and O–H groups in total. The summed E-state index contributed by atoms with van der Waals surface area (Å²) in [4.78, 5) is 20.3. The third-order valence-electron chi connectivity index (χ3n) is 6.92. The summed E-state index contributed by atoms with van der Waals surface area (Å²) in [6.45, 7) is 10.7. The molecule has 208 valence electrons. The zero-order valence-corrected chi connectivity index (χ0v) is 23.1. The van der Waals surface area contributed by atoms with Crippen molar-refractivity contribution in [3.05, 3.63) is 48.3 Å². The van der Waals surface area contributed by atoms with E-state index in [9.17, 15) is 26.4 Å². The second-order valence-corrected chi connectivity index (χ2v) is 13.4. The van der Waals surface area contributed by atoms with E-state index >= 15 is 0 Å². The molecule has 2 aromatic rings. The molecule has 0 aromatic carbocycles. The zero-order valence-electron chi connectivity index (χ0n) is 22.3. The van der Waals surface area contributed by atoms with Gasteiger partial charge in [0.1, 0.15) is 16.2 Å². The van der Waals surface area contributed by atoms with Gasteiger partial charge in [0.15, 0.2) is 0 Å². The minimum atomic E-state index is -4.83. The van der Waals surface area contributed by atoms with Crippen LogP contribution in [-0.2, 0) is 20.9 Å². The lowest BCUT2D eigenvalue weighted by Crippen LogP contribution is -2.59. The molecule has 0 bridgehead atoms. The number of hydrogen-bond donors (Lipinski definition) is 0. The molecule has 4 rings (SSSR count). The molecule has 2 aliphatic rings. The Bertz CT molecular complexity index is 1410. The van der Waals surface area contributed by atoms with Crippen molar-refractivity contribution in [3.63, 3.8) is 0 Å². The Morgan fingerprint density at radius 2 is 1.82 bits per heavy atom. The first-order valence-corrected chi connectivity index (χ1v) is 13.8. The zero-order chi connectivity index (χ0) is 28.3. The molecule has 3 heterocycles.